The molecule has 1 aromatic carbocycles. The summed E-state index contributed by atoms with van der Waals surface area (Å²) < 4.78 is 0. The molecule has 0 spiro atoms. The van der Waals surface area contributed by atoms with Crippen LogP contribution in [0.3, 0.4) is 0 Å². The van der Waals surface area contributed by atoms with Crippen molar-refractivity contribution < 1.29 is 4.79 Å². The Morgan fingerprint density at radius 2 is 2.16 bits per heavy atom. The first-order valence-corrected chi connectivity index (χ1v) is 5.92. The van der Waals surface area contributed by atoms with E-state index in [9.17, 15) is 4.79 Å². The Labute approximate surface area is 115 Å². The van der Waals surface area contributed by atoms with E-state index in [0.29, 0.717) is 27.7 Å². The van der Waals surface area contributed by atoms with Crippen LogP contribution in [0.25, 0.3) is 0 Å². The SMILES string of the molecule is Cc1nc(Cl)ccc1NC(=O)c1cccc(C#N)c1. The highest BCUT2D eigenvalue weighted by molar-refractivity contribution is 6.29. The maximum absolute atomic E-state index is 12.0. The molecule has 2 rings (SSSR count). The van der Waals surface area contributed by atoms with Crippen molar-refractivity contribution >= 4 is 23.2 Å². The second-order valence-corrected chi connectivity index (χ2v) is 4.30. The number of aromatic nitrogens is 1. The van der Waals surface area contributed by atoms with Gasteiger partial charge in [0.1, 0.15) is 5.15 Å². The molecule has 0 radical (unpaired) electrons. The number of hydrogen-bond acceptors (Lipinski definition) is 3. The Balaban J connectivity index is 2.23. The number of nitrogens with one attached hydrogen (secondary N) is 1. The van der Waals surface area contributed by atoms with E-state index >= 15 is 0 Å². The number of nitrogens with zero attached hydrogens (tertiary/aromatic N) is 2. The van der Waals surface area contributed by atoms with E-state index in [1.165, 1.54) is 6.07 Å². The quantitative estimate of drug-likeness (QED) is 0.853. The van der Waals surface area contributed by atoms with Crippen molar-refractivity contribution in [1.29, 1.82) is 5.26 Å². The van der Waals surface area contributed by atoms with Gasteiger partial charge in [-0.2, -0.15) is 5.26 Å². The highest BCUT2D eigenvalue weighted by Crippen LogP contribution is 2.17. The maximum Gasteiger partial charge on any atom is 0.255 e. The predicted molar refractivity (Wildman–Crippen MR) is 73.1 cm³/mol. The smallest absolute Gasteiger partial charge is 0.255 e. The second kappa shape index (κ2) is 5.51. The minimum absolute atomic E-state index is 0.288. The number of pyridine rings is 1. The molecule has 0 saturated heterocycles. The van der Waals surface area contributed by atoms with Gasteiger partial charge in [0.05, 0.1) is 23.0 Å². The van der Waals surface area contributed by atoms with E-state index in [1.54, 1.807) is 37.3 Å². The van der Waals surface area contributed by atoms with Gasteiger partial charge >= 0.3 is 0 Å². The Bertz CT molecular complexity index is 677. The summed E-state index contributed by atoms with van der Waals surface area (Å²) >= 11 is 5.75. The zero-order chi connectivity index (χ0) is 13.8. The topological polar surface area (TPSA) is 65.8 Å². The standard InChI is InChI=1S/C14H10ClN3O/c1-9-12(5-6-13(15)17-9)18-14(19)11-4-2-3-10(7-11)8-16/h2-7H,1H3,(H,18,19). The lowest BCUT2D eigenvalue weighted by molar-refractivity contribution is 0.102. The van der Waals surface area contributed by atoms with Gasteiger partial charge in [-0.3, -0.25) is 4.79 Å². The van der Waals surface area contributed by atoms with Crippen LogP contribution >= 0.6 is 11.6 Å². The number of carbonyl (C=O) groups excluding carboxylic acids is 1. The maximum atomic E-state index is 12.0. The minimum atomic E-state index is -0.288. The van der Waals surface area contributed by atoms with Crippen LogP contribution in [0, 0.1) is 18.3 Å². The molecule has 4 nitrogen and oxygen atoms in total. The molecule has 0 bridgehead atoms. The first-order chi connectivity index (χ1) is 9.10. The fraction of sp³-hybridized carbons (Fsp3) is 0.0714. The van der Waals surface area contributed by atoms with E-state index in [1.807, 2.05) is 6.07 Å². The van der Waals surface area contributed by atoms with E-state index in [0.717, 1.165) is 0 Å². The molecule has 0 saturated carbocycles. The van der Waals surface area contributed by atoms with Crippen molar-refractivity contribution in [3.8, 4) is 6.07 Å². The summed E-state index contributed by atoms with van der Waals surface area (Å²) in [6, 6.07) is 11.8. The second-order valence-electron chi connectivity index (χ2n) is 3.91. The minimum Gasteiger partial charge on any atom is -0.320 e. The average Bonchev–Trinajstić information content (AvgIpc) is 2.42. The first-order valence-electron chi connectivity index (χ1n) is 5.55. The molecule has 19 heavy (non-hydrogen) atoms. The third kappa shape index (κ3) is 3.09. The highest BCUT2D eigenvalue weighted by atomic mass is 35.5. The van der Waals surface area contributed by atoms with Crippen LogP contribution in [-0.2, 0) is 0 Å². The number of amides is 1. The van der Waals surface area contributed by atoms with E-state index in [-0.39, 0.29) is 5.91 Å². The molecule has 5 heteroatoms. The number of rotatable bonds is 2. The summed E-state index contributed by atoms with van der Waals surface area (Å²) in [5, 5.41) is 11.9. The lowest BCUT2D eigenvalue weighted by Gasteiger charge is -2.08. The first kappa shape index (κ1) is 13.1. The molecule has 94 valence electrons. The molecule has 0 fully saturated rings. The predicted octanol–water partition coefficient (Wildman–Crippen LogP) is 3.17. The number of anilines is 1. The lowest BCUT2D eigenvalue weighted by atomic mass is 10.1. The van der Waals surface area contributed by atoms with Gasteiger partial charge in [0, 0.05) is 5.56 Å². The normalized spacial score (nSPS) is 9.74. The summed E-state index contributed by atoms with van der Waals surface area (Å²) in [6.45, 7) is 1.76. The molecular weight excluding hydrogens is 262 g/mol. The van der Waals surface area contributed by atoms with Crippen LogP contribution in [0.15, 0.2) is 36.4 Å². The van der Waals surface area contributed by atoms with Crippen LogP contribution in [0.1, 0.15) is 21.6 Å². The van der Waals surface area contributed by atoms with Gasteiger partial charge in [0.2, 0.25) is 0 Å². The molecular formula is C14H10ClN3O. The molecule has 1 N–H and O–H groups in total. The highest BCUT2D eigenvalue weighted by Gasteiger charge is 2.09. The monoisotopic (exact) mass is 271 g/mol. The van der Waals surface area contributed by atoms with Crippen molar-refractivity contribution in [2.24, 2.45) is 0 Å². The summed E-state index contributed by atoms with van der Waals surface area (Å²) in [6.07, 6.45) is 0. The van der Waals surface area contributed by atoms with Gasteiger partial charge in [0.15, 0.2) is 0 Å². The summed E-state index contributed by atoms with van der Waals surface area (Å²) in [5.41, 5.74) is 2.10. The average molecular weight is 272 g/mol. The molecule has 1 aromatic heterocycles. The van der Waals surface area contributed by atoms with Crippen molar-refractivity contribution in [2.45, 2.75) is 6.92 Å². The Kier molecular flexibility index (Phi) is 3.79. The van der Waals surface area contributed by atoms with E-state index in [2.05, 4.69) is 10.3 Å². The van der Waals surface area contributed by atoms with Gasteiger partial charge < -0.3 is 5.32 Å². The fourth-order valence-electron chi connectivity index (χ4n) is 1.59. The number of benzene rings is 1. The Morgan fingerprint density at radius 1 is 1.37 bits per heavy atom. The Morgan fingerprint density at radius 3 is 2.84 bits per heavy atom. The third-order valence-electron chi connectivity index (χ3n) is 2.55. The summed E-state index contributed by atoms with van der Waals surface area (Å²) in [5.74, 6) is -0.288. The third-order valence-corrected chi connectivity index (χ3v) is 2.76. The van der Waals surface area contributed by atoms with Crippen LogP contribution in [-0.4, -0.2) is 10.9 Å². The molecule has 0 aliphatic carbocycles. The zero-order valence-electron chi connectivity index (χ0n) is 10.1. The van der Waals surface area contributed by atoms with Crippen molar-refractivity contribution in [2.75, 3.05) is 5.32 Å². The van der Waals surface area contributed by atoms with Crippen LogP contribution in [0.2, 0.25) is 5.15 Å². The van der Waals surface area contributed by atoms with Crippen LogP contribution in [0.5, 0.6) is 0 Å². The number of nitriles is 1. The largest absolute Gasteiger partial charge is 0.320 e. The van der Waals surface area contributed by atoms with Crippen molar-refractivity contribution in [1.82, 2.24) is 4.98 Å². The lowest BCUT2D eigenvalue weighted by Crippen LogP contribution is -2.13. The van der Waals surface area contributed by atoms with Gasteiger partial charge in [0.25, 0.3) is 5.91 Å². The molecule has 0 unspecified atom stereocenters. The van der Waals surface area contributed by atoms with E-state index < -0.39 is 0 Å². The molecule has 0 aliphatic heterocycles. The number of aryl methyl sites for hydroxylation is 1. The van der Waals surface area contributed by atoms with Crippen LogP contribution < -0.4 is 5.32 Å². The molecule has 0 atom stereocenters. The molecule has 2 aromatic rings. The van der Waals surface area contributed by atoms with Gasteiger partial charge in [-0.05, 0) is 37.3 Å². The molecule has 0 aliphatic rings. The van der Waals surface area contributed by atoms with Gasteiger partial charge in [-0.15, -0.1) is 0 Å². The van der Waals surface area contributed by atoms with Crippen molar-refractivity contribution in [3.63, 3.8) is 0 Å². The molecule has 1 heterocycles. The number of halogens is 1. The van der Waals surface area contributed by atoms with Crippen LogP contribution in [0.4, 0.5) is 5.69 Å². The Hall–Kier alpha value is -2.38. The summed E-state index contributed by atoms with van der Waals surface area (Å²) in [4.78, 5) is 16.1. The van der Waals surface area contributed by atoms with Crippen molar-refractivity contribution in [3.05, 3.63) is 58.4 Å². The van der Waals surface area contributed by atoms with Gasteiger partial charge in [-0.1, -0.05) is 17.7 Å². The number of hydrogen-bond donors (Lipinski definition) is 1. The van der Waals surface area contributed by atoms with E-state index in [4.69, 9.17) is 16.9 Å². The zero-order valence-corrected chi connectivity index (χ0v) is 10.9. The fourth-order valence-corrected chi connectivity index (χ4v) is 1.78. The number of carbonyl (C=O) groups is 1. The summed E-state index contributed by atoms with van der Waals surface area (Å²) in [7, 11) is 0. The molecule has 1 amide bonds. The van der Waals surface area contributed by atoms with Gasteiger partial charge in [-0.25, -0.2) is 4.98 Å².